The van der Waals surface area contributed by atoms with E-state index in [2.05, 4.69) is 56.2 Å². The van der Waals surface area contributed by atoms with E-state index < -0.39 is 0 Å². The van der Waals surface area contributed by atoms with Crippen molar-refractivity contribution in [2.24, 2.45) is 0 Å². The van der Waals surface area contributed by atoms with Crippen LogP contribution in [0.1, 0.15) is 24.4 Å². The van der Waals surface area contributed by atoms with Gasteiger partial charge in [-0.2, -0.15) is 4.98 Å². The number of hydrogen-bond donors (Lipinski definition) is 1. The van der Waals surface area contributed by atoms with E-state index in [0.29, 0.717) is 5.89 Å². The number of aryl methyl sites for hydroxylation is 1. The van der Waals surface area contributed by atoms with Crippen LogP contribution in [-0.4, -0.2) is 41.2 Å². The maximum Gasteiger partial charge on any atom is 0.259 e. The van der Waals surface area contributed by atoms with Crippen molar-refractivity contribution >= 4 is 15.9 Å². The molecule has 0 amide bonds. The maximum absolute atomic E-state index is 5.47. The molecule has 1 aromatic carbocycles. The summed E-state index contributed by atoms with van der Waals surface area (Å²) in [5.74, 6) is 1.32. The highest BCUT2D eigenvalue weighted by atomic mass is 79.9. The molecule has 1 unspecified atom stereocenters. The first kappa shape index (κ1) is 14.7. The van der Waals surface area contributed by atoms with Gasteiger partial charge in [0.05, 0.1) is 11.6 Å². The molecule has 1 N–H and O–H groups in total. The van der Waals surface area contributed by atoms with Gasteiger partial charge in [0.25, 0.3) is 5.89 Å². The SMILES string of the molecule is Cc1ccc(Br)c(-c2nc(C(C)N3CCNCC3)no2)c1. The molecule has 5 nitrogen and oxygen atoms in total. The highest BCUT2D eigenvalue weighted by Crippen LogP contribution is 2.29. The van der Waals surface area contributed by atoms with Crippen molar-refractivity contribution in [2.45, 2.75) is 19.9 Å². The first-order valence-corrected chi connectivity index (χ1v) is 7.99. The average Bonchev–Trinajstić information content (AvgIpc) is 2.99. The third-order valence-electron chi connectivity index (χ3n) is 3.87. The van der Waals surface area contributed by atoms with Gasteiger partial charge in [-0.1, -0.05) is 16.8 Å². The molecule has 2 aromatic rings. The van der Waals surface area contributed by atoms with E-state index in [1.165, 1.54) is 5.56 Å². The minimum absolute atomic E-state index is 0.174. The van der Waals surface area contributed by atoms with Gasteiger partial charge in [-0.15, -0.1) is 0 Å². The Kier molecular flexibility index (Phi) is 4.37. The van der Waals surface area contributed by atoms with Gasteiger partial charge >= 0.3 is 0 Å². The Morgan fingerprint density at radius 3 is 2.86 bits per heavy atom. The van der Waals surface area contributed by atoms with Crippen LogP contribution in [0.5, 0.6) is 0 Å². The molecule has 0 spiro atoms. The summed E-state index contributed by atoms with van der Waals surface area (Å²) in [5, 5.41) is 7.52. The molecule has 21 heavy (non-hydrogen) atoms. The Balaban J connectivity index is 1.84. The molecule has 1 aliphatic rings. The molecule has 1 atom stereocenters. The molecule has 3 rings (SSSR count). The summed E-state index contributed by atoms with van der Waals surface area (Å²) in [6, 6.07) is 6.28. The van der Waals surface area contributed by atoms with Gasteiger partial charge in [-0.25, -0.2) is 0 Å². The van der Waals surface area contributed by atoms with Crippen LogP contribution in [0.15, 0.2) is 27.2 Å². The normalized spacial score (nSPS) is 17.9. The Bertz CT molecular complexity index is 622. The van der Waals surface area contributed by atoms with Crippen LogP contribution in [0.4, 0.5) is 0 Å². The number of halogens is 1. The van der Waals surface area contributed by atoms with Crippen LogP contribution < -0.4 is 5.32 Å². The van der Waals surface area contributed by atoms with E-state index in [1.807, 2.05) is 12.1 Å². The molecule has 1 fully saturated rings. The smallest absolute Gasteiger partial charge is 0.259 e. The van der Waals surface area contributed by atoms with Crippen molar-refractivity contribution in [3.63, 3.8) is 0 Å². The fourth-order valence-electron chi connectivity index (χ4n) is 2.55. The monoisotopic (exact) mass is 350 g/mol. The lowest BCUT2D eigenvalue weighted by atomic mass is 10.1. The summed E-state index contributed by atoms with van der Waals surface area (Å²) in [5.41, 5.74) is 2.12. The van der Waals surface area contributed by atoms with Crippen LogP contribution in [0.3, 0.4) is 0 Å². The molecule has 2 heterocycles. The zero-order valence-corrected chi connectivity index (χ0v) is 13.9. The molecule has 0 saturated carbocycles. The van der Waals surface area contributed by atoms with Crippen LogP contribution in [0, 0.1) is 6.92 Å². The number of benzene rings is 1. The molecule has 0 aliphatic carbocycles. The van der Waals surface area contributed by atoms with E-state index in [9.17, 15) is 0 Å². The minimum atomic E-state index is 0.174. The third-order valence-corrected chi connectivity index (χ3v) is 4.56. The molecule has 0 bridgehead atoms. The van der Waals surface area contributed by atoms with E-state index in [4.69, 9.17) is 4.52 Å². The Hall–Kier alpha value is -1.24. The lowest BCUT2D eigenvalue weighted by Crippen LogP contribution is -2.44. The summed E-state index contributed by atoms with van der Waals surface area (Å²) in [4.78, 5) is 6.96. The van der Waals surface area contributed by atoms with Gasteiger partial charge < -0.3 is 9.84 Å². The number of nitrogens with one attached hydrogen (secondary N) is 1. The van der Waals surface area contributed by atoms with Crippen LogP contribution in [-0.2, 0) is 0 Å². The van der Waals surface area contributed by atoms with Crippen molar-refractivity contribution in [3.05, 3.63) is 34.1 Å². The molecule has 112 valence electrons. The van der Waals surface area contributed by atoms with Gasteiger partial charge in [-0.3, -0.25) is 4.90 Å². The highest BCUT2D eigenvalue weighted by Gasteiger charge is 2.23. The number of piperazine rings is 1. The Labute approximate surface area is 132 Å². The minimum Gasteiger partial charge on any atom is -0.334 e. The predicted molar refractivity (Wildman–Crippen MR) is 85.0 cm³/mol. The number of hydrogen-bond acceptors (Lipinski definition) is 5. The van der Waals surface area contributed by atoms with Crippen molar-refractivity contribution in [3.8, 4) is 11.5 Å². The predicted octanol–water partition coefficient (Wildman–Crippen LogP) is 2.77. The topological polar surface area (TPSA) is 54.2 Å². The van der Waals surface area contributed by atoms with Crippen molar-refractivity contribution < 1.29 is 4.52 Å². The summed E-state index contributed by atoms with van der Waals surface area (Å²) in [7, 11) is 0. The zero-order chi connectivity index (χ0) is 14.8. The molecule has 1 aliphatic heterocycles. The lowest BCUT2D eigenvalue weighted by molar-refractivity contribution is 0.176. The number of aromatic nitrogens is 2. The quantitative estimate of drug-likeness (QED) is 0.922. The van der Waals surface area contributed by atoms with E-state index in [1.54, 1.807) is 0 Å². The van der Waals surface area contributed by atoms with Crippen LogP contribution in [0.25, 0.3) is 11.5 Å². The number of nitrogens with zero attached hydrogens (tertiary/aromatic N) is 3. The standard InChI is InChI=1S/C15H19BrN4O/c1-10-3-4-13(16)12(9-10)15-18-14(19-21-15)11(2)20-7-5-17-6-8-20/h3-4,9,11,17H,5-8H2,1-2H3. The van der Waals surface area contributed by atoms with E-state index >= 15 is 0 Å². The van der Waals surface area contributed by atoms with Gasteiger partial charge in [-0.05, 0) is 41.9 Å². The van der Waals surface area contributed by atoms with Gasteiger partial charge in [0.2, 0.25) is 0 Å². The fraction of sp³-hybridized carbons (Fsp3) is 0.467. The first-order valence-electron chi connectivity index (χ1n) is 7.20. The second kappa shape index (κ2) is 6.25. The molecule has 0 radical (unpaired) electrons. The summed E-state index contributed by atoms with van der Waals surface area (Å²) < 4.78 is 6.44. The number of rotatable bonds is 3. The zero-order valence-electron chi connectivity index (χ0n) is 12.3. The first-order chi connectivity index (χ1) is 10.1. The van der Waals surface area contributed by atoms with Crippen molar-refractivity contribution in [1.82, 2.24) is 20.4 Å². The Morgan fingerprint density at radius 1 is 1.33 bits per heavy atom. The van der Waals surface area contributed by atoms with E-state index in [0.717, 1.165) is 42.0 Å². The van der Waals surface area contributed by atoms with Gasteiger partial charge in [0.15, 0.2) is 5.82 Å². The van der Waals surface area contributed by atoms with Crippen LogP contribution in [0.2, 0.25) is 0 Å². The molecule has 6 heteroatoms. The summed E-state index contributed by atoms with van der Waals surface area (Å²) in [6.45, 7) is 8.23. The summed E-state index contributed by atoms with van der Waals surface area (Å²) in [6.07, 6.45) is 0. The van der Waals surface area contributed by atoms with Crippen molar-refractivity contribution in [1.29, 1.82) is 0 Å². The Morgan fingerprint density at radius 2 is 2.10 bits per heavy atom. The average molecular weight is 351 g/mol. The van der Waals surface area contributed by atoms with Crippen LogP contribution >= 0.6 is 15.9 Å². The second-order valence-corrected chi connectivity index (χ2v) is 6.26. The summed E-state index contributed by atoms with van der Waals surface area (Å²) >= 11 is 3.54. The molecular weight excluding hydrogens is 332 g/mol. The highest BCUT2D eigenvalue weighted by molar-refractivity contribution is 9.10. The maximum atomic E-state index is 5.47. The third kappa shape index (κ3) is 3.17. The fourth-order valence-corrected chi connectivity index (χ4v) is 2.97. The molecule has 1 saturated heterocycles. The molecule has 1 aromatic heterocycles. The second-order valence-electron chi connectivity index (χ2n) is 5.40. The van der Waals surface area contributed by atoms with Crippen molar-refractivity contribution in [2.75, 3.05) is 26.2 Å². The molecular formula is C15H19BrN4O. The lowest BCUT2D eigenvalue weighted by Gasteiger charge is -2.30. The largest absolute Gasteiger partial charge is 0.334 e. The van der Waals surface area contributed by atoms with Gasteiger partial charge in [0, 0.05) is 30.7 Å². The van der Waals surface area contributed by atoms with E-state index in [-0.39, 0.29) is 6.04 Å². The van der Waals surface area contributed by atoms with Gasteiger partial charge in [0.1, 0.15) is 0 Å².